The van der Waals surface area contributed by atoms with Gasteiger partial charge in [0.2, 0.25) is 0 Å². The summed E-state index contributed by atoms with van der Waals surface area (Å²) in [5.74, 6) is 0. The van der Waals surface area contributed by atoms with Gasteiger partial charge >= 0.3 is 18.9 Å². The van der Waals surface area contributed by atoms with E-state index in [-0.39, 0.29) is 18.9 Å². The van der Waals surface area contributed by atoms with Crippen molar-refractivity contribution in [1.82, 2.24) is 0 Å². The zero-order chi connectivity index (χ0) is 10.5. The zero-order valence-electron chi connectivity index (χ0n) is 10.9. The van der Waals surface area contributed by atoms with Gasteiger partial charge in [0, 0.05) is 0 Å². The van der Waals surface area contributed by atoms with Gasteiger partial charge in [-0.2, -0.15) is 6.42 Å². The fourth-order valence-electron chi connectivity index (χ4n) is 1.57. The zero-order valence-corrected chi connectivity index (χ0v) is 10.9. The van der Waals surface area contributed by atoms with E-state index in [1.165, 1.54) is 51.4 Å². The van der Waals surface area contributed by atoms with Gasteiger partial charge in [-0.25, -0.2) is 0 Å². The van der Waals surface area contributed by atoms with Crippen LogP contribution in [-0.4, -0.2) is 0 Å². The predicted molar refractivity (Wildman–Crippen MR) is 66.3 cm³/mol. The Kier molecular flexibility index (Phi) is 19.8. The van der Waals surface area contributed by atoms with Crippen LogP contribution in [0, 0.1) is 6.92 Å². The maximum Gasteiger partial charge on any atom is 1.00 e. The largest absolute Gasteiger partial charge is 1.00 e. The summed E-state index contributed by atoms with van der Waals surface area (Å²) >= 11 is 0. The molecule has 0 aliphatic carbocycles. The van der Waals surface area contributed by atoms with E-state index in [2.05, 4.69) is 26.0 Å². The normalized spacial score (nSPS) is 10.5. The fourth-order valence-corrected chi connectivity index (χ4v) is 1.57. The van der Waals surface area contributed by atoms with Gasteiger partial charge in [-0.15, -0.1) is 0 Å². The van der Waals surface area contributed by atoms with Crippen LogP contribution in [0.2, 0.25) is 0 Å². The molecule has 1 heteroatoms. The number of allylic oxidation sites excluding steroid dienone is 2. The smallest absolute Gasteiger partial charge is 0.343 e. The van der Waals surface area contributed by atoms with E-state index >= 15 is 0 Å². The predicted octanol–water partition coefficient (Wildman–Crippen LogP) is 2.30. The molecule has 0 unspecified atom stereocenters. The molecule has 0 aromatic carbocycles. The van der Waals surface area contributed by atoms with Crippen molar-refractivity contribution in [3.05, 3.63) is 19.1 Å². The molecule has 0 aliphatic rings. The Balaban J connectivity index is 0. The minimum Gasteiger partial charge on any atom is -0.343 e. The summed E-state index contributed by atoms with van der Waals surface area (Å²) in [4.78, 5) is 0. The van der Waals surface area contributed by atoms with Crippen LogP contribution in [0.4, 0.5) is 0 Å². The first-order valence-corrected chi connectivity index (χ1v) is 6.36. The number of hydrogen-bond acceptors (Lipinski definition) is 0. The van der Waals surface area contributed by atoms with Crippen molar-refractivity contribution in [2.45, 2.75) is 71.1 Å². The second-order valence-electron chi connectivity index (χ2n) is 4.02. The Morgan fingerprint density at radius 2 is 1.33 bits per heavy atom. The van der Waals surface area contributed by atoms with Crippen LogP contribution in [0.1, 0.15) is 71.1 Å². The molecule has 0 radical (unpaired) electrons. The van der Waals surface area contributed by atoms with E-state index in [0.29, 0.717) is 0 Å². The molecule has 0 N–H and O–H groups in total. The summed E-state index contributed by atoms with van der Waals surface area (Å²) in [5, 5.41) is 0. The molecule has 0 nitrogen and oxygen atoms in total. The van der Waals surface area contributed by atoms with Crippen LogP contribution >= 0.6 is 0 Å². The molecule has 0 atom stereocenters. The Morgan fingerprint density at radius 3 is 1.93 bits per heavy atom. The van der Waals surface area contributed by atoms with Crippen LogP contribution < -0.4 is 18.9 Å². The van der Waals surface area contributed by atoms with Gasteiger partial charge in [0.15, 0.2) is 0 Å². The molecule has 15 heavy (non-hydrogen) atoms. The van der Waals surface area contributed by atoms with E-state index in [4.69, 9.17) is 0 Å². The van der Waals surface area contributed by atoms with Crippen molar-refractivity contribution in [3.63, 3.8) is 0 Å². The van der Waals surface area contributed by atoms with Gasteiger partial charge in [0.25, 0.3) is 0 Å². The van der Waals surface area contributed by atoms with Crippen LogP contribution in [0.3, 0.4) is 0 Å². The van der Waals surface area contributed by atoms with Gasteiger partial charge in [0.1, 0.15) is 0 Å². The summed E-state index contributed by atoms with van der Waals surface area (Å²) in [7, 11) is 0. The summed E-state index contributed by atoms with van der Waals surface area (Å²) in [6.07, 6.45) is 17.9. The van der Waals surface area contributed by atoms with Crippen LogP contribution in [0.25, 0.3) is 0 Å². The standard InChI is InChI=1S/C14H27.Li/c1-3-5-7-9-11-13-14-12-10-8-6-4-2;/h7,9H,1,3-6,8,10-14H2,2H3;/q-1;+1. The first-order valence-electron chi connectivity index (χ1n) is 6.36. The molecule has 0 aliphatic heterocycles. The molecule has 0 spiro atoms. The van der Waals surface area contributed by atoms with Gasteiger partial charge in [-0.05, 0) is 12.8 Å². The summed E-state index contributed by atoms with van der Waals surface area (Å²) < 4.78 is 0. The van der Waals surface area contributed by atoms with E-state index in [1.54, 1.807) is 0 Å². The van der Waals surface area contributed by atoms with Gasteiger partial charge in [-0.3, -0.25) is 0 Å². The summed E-state index contributed by atoms with van der Waals surface area (Å²) in [6, 6.07) is 0. The van der Waals surface area contributed by atoms with Crippen molar-refractivity contribution in [2.24, 2.45) is 0 Å². The second kappa shape index (κ2) is 16.8. The summed E-state index contributed by atoms with van der Waals surface area (Å²) in [6.45, 7) is 6.08. The van der Waals surface area contributed by atoms with Crippen LogP contribution in [0.5, 0.6) is 0 Å². The third kappa shape index (κ3) is 17.0. The molecule has 0 saturated heterocycles. The Labute approximate surface area is 109 Å². The van der Waals surface area contributed by atoms with Crippen molar-refractivity contribution in [3.8, 4) is 0 Å². The fraction of sp³-hybridized carbons (Fsp3) is 0.786. The first kappa shape index (κ1) is 17.7. The van der Waals surface area contributed by atoms with E-state index in [1.807, 2.05) is 0 Å². The number of unbranched alkanes of at least 4 members (excludes halogenated alkanes) is 8. The molecule has 0 heterocycles. The molecule has 0 fully saturated rings. The number of hydrogen-bond donors (Lipinski definition) is 0. The van der Waals surface area contributed by atoms with Crippen LogP contribution in [-0.2, 0) is 0 Å². The van der Waals surface area contributed by atoms with Crippen molar-refractivity contribution in [1.29, 1.82) is 0 Å². The molecule has 0 bridgehead atoms. The molecular formula is C14H27Li. The average molecular weight is 202 g/mol. The van der Waals surface area contributed by atoms with E-state index in [0.717, 1.165) is 12.8 Å². The van der Waals surface area contributed by atoms with Gasteiger partial charge in [-0.1, -0.05) is 64.0 Å². The molecule has 0 rings (SSSR count). The average Bonchev–Trinajstić information content (AvgIpc) is 2.21. The molecule has 0 saturated carbocycles. The second-order valence-corrected chi connectivity index (χ2v) is 4.02. The van der Waals surface area contributed by atoms with Crippen molar-refractivity contribution >= 4 is 0 Å². The first-order chi connectivity index (χ1) is 6.91. The van der Waals surface area contributed by atoms with E-state index in [9.17, 15) is 0 Å². The van der Waals surface area contributed by atoms with Crippen molar-refractivity contribution < 1.29 is 18.9 Å². The maximum absolute atomic E-state index is 3.81. The Morgan fingerprint density at radius 1 is 0.800 bits per heavy atom. The minimum atomic E-state index is 0. The monoisotopic (exact) mass is 202 g/mol. The molecule has 0 aromatic rings. The van der Waals surface area contributed by atoms with Crippen molar-refractivity contribution in [2.75, 3.05) is 0 Å². The summed E-state index contributed by atoms with van der Waals surface area (Å²) in [5.41, 5.74) is 0. The van der Waals surface area contributed by atoms with Gasteiger partial charge < -0.3 is 6.92 Å². The topological polar surface area (TPSA) is 0 Å². The molecule has 0 aromatic heterocycles. The third-order valence-corrected chi connectivity index (χ3v) is 2.51. The Hall–Kier alpha value is 0.337. The van der Waals surface area contributed by atoms with Crippen LogP contribution in [0.15, 0.2) is 12.2 Å². The maximum atomic E-state index is 3.81. The van der Waals surface area contributed by atoms with E-state index < -0.39 is 0 Å². The third-order valence-electron chi connectivity index (χ3n) is 2.51. The quantitative estimate of drug-likeness (QED) is 0.221. The molecule has 0 amide bonds. The SMILES string of the molecule is [CH2-]CCC=CCCCCCCCCC.[Li+]. The molecular weight excluding hydrogens is 175 g/mol. The minimum absolute atomic E-state index is 0. The number of rotatable bonds is 10. The molecule has 84 valence electrons. The Bertz CT molecular complexity index is 119. The van der Waals surface area contributed by atoms with Gasteiger partial charge in [0.05, 0.1) is 0 Å².